The molecule has 4 atom stereocenters. The Balaban J connectivity index is 1.56. The van der Waals surface area contributed by atoms with Gasteiger partial charge in [0.05, 0.1) is 29.8 Å². The first-order valence-corrected chi connectivity index (χ1v) is 11.0. The Kier molecular flexibility index (Phi) is 4.14. The minimum Gasteiger partial charge on any atom is -0.291 e. The van der Waals surface area contributed by atoms with Crippen molar-refractivity contribution in [3.8, 4) is 0 Å². The van der Waals surface area contributed by atoms with Crippen LogP contribution in [0.15, 0.2) is 90.0 Å². The highest BCUT2D eigenvalue weighted by atomic mass is 16.2. The molecule has 0 aromatic heterocycles. The highest BCUT2D eigenvalue weighted by Crippen LogP contribution is 2.57. The van der Waals surface area contributed by atoms with Crippen molar-refractivity contribution in [2.45, 2.75) is 18.5 Å². The fraction of sp³-hybridized carbons (Fsp3) is 0.185. The lowest BCUT2D eigenvalue weighted by molar-refractivity contribution is -0.124. The van der Waals surface area contributed by atoms with Gasteiger partial charge in [0.2, 0.25) is 11.8 Å². The molecular formula is C27H21N3O3. The number of hydrogen-bond donors (Lipinski definition) is 0. The predicted molar refractivity (Wildman–Crippen MR) is 124 cm³/mol. The minimum atomic E-state index is -1.31. The molecule has 0 saturated carbocycles. The Labute approximate surface area is 191 Å². The van der Waals surface area contributed by atoms with Gasteiger partial charge in [-0.2, -0.15) is 5.10 Å². The Morgan fingerprint density at radius 1 is 0.848 bits per heavy atom. The number of amides is 2. The van der Waals surface area contributed by atoms with Gasteiger partial charge in [-0.15, -0.1) is 0 Å². The highest BCUT2D eigenvalue weighted by Gasteiger charge is 2.71. The first kappa shape index (κ1) is 19.6. The van der Waals surface area contributed by atoms with Crippen LogP contribution in [-0.4, -0.2) is 34.4 Å². The van der Waals surface area contributed by atoms with Crippen molar-refractivity contribution in [2.75, 3.05) is 4.90 Å². The number of nitrogens with zero attached hydrogens (tertiary/aromatic N) is 3. The summed E-state index contributed by atoms with van der Waals surface area (Å²) in [6.07, 6.45) is 1.72. The van der Waals surface area contributed by atoms with E-state index in [1.165, 1.54) is 4.90 Å². The van der Waals surface area contributed by atoms with Crippen LogP contribution in [0.2, 0.25) is 0 Å². The van der Waals surface area contributed by atoms with Gasteiger partial charge in [0, 0.05) is 5.56 Å². The summed E-state index contributed by atoms with van der Waals surface area (Å²) in [6, 6.07) is 25.1. The van der Waals surface area contributed by atoms with E-state index in [2.05, 4.69) is 5.10 Å². The number of hydrogen-bond acceptors (Lipinski definition) is 5. The lowest BCUT2D eigenvalue weighted by Gasteiger charge is -2.40. The molecule has 0 bridgehead atoms. The van der Waals surface area contributed by atoms with E-state index in [-0.39, 0.29) is 17.6 Å². The molecule has 3 aromatic carbocycles. The summed E-state index contributed by atoms with van der Waals surface area (Å²) in [4.78, 5) is 42.9. The summed E-state index contributed by atoms with van der Waals surface area (Å²) in [5.41, 5.74) is 1.51. The van der Waals surface area contributed by atoms with Gasteiger partial charge in [0.1, 0.15) is 5.54 Å². The summed E-state index contributed by atoms with van der Waals surface area (Å²) < 4.78 is 0. The lowest BCUT2D eigenvalue weighted by atomic mass is 9.76. The molecule has 6 rings (SSSR count). The molecule has 33 heavy (non-hydrogen) atoms. The van der Waals surface area contributed by atoms with E-state index in [0.29, 0.717) is 11.3 Å². The summed E-state index contributed by atoms with van der Waals surface area (Å²) in [7, 11) is 0. The molecule has 2 saturated heterocycles. The summed E-state index contributed by atoms with van der Waals surface area (Å²) in [6.45, 7) is 1.75. The van der Waals surface area contributed by atoms with E-state index in [0.717, 1.165) is 11.1 Å². The zero-order chi connectivity index (χ0) is 22.7. The van der Waals surface area contributed by atoms with E-state index in [9.17, 15) is 14.4 Å². The molecule has 6 heteroatoms. The third-order valence-electron chi connectivity index (χ3n) is 7.18. The van der Waals surface area contributed by atoms with Crippen molar-refractivity contribution in [3.05, 3.63) is 102 Å². The van der Waals surface area contributed by atoms with E-state index in [1.54, 1.807) is 66.7 Å². The smallest absolute Gasteiger partial charge is 0.240 e. The third-order valence-corrected chi connectivity index (χ3v) is 7.18. The number of benzene rings is 3. The Morgan fingerprint density at radius 2 is 1.48 bits per heavy atom. The normalized spacial score (nSPS) is 27.4. The quantitative estimate of drug-likeness (QED) is 0.463. The SMILES string of the molecule is CC1(C(=O)c2ccccc2)C2C(=O)N(c3ccccc3)C(=O)C2C2c3ccccc3C=NN21. The average molecular weight is 435 g/mol. The van der Waals surface area contributed by atoms with Crippen molar-refractivity contribution >= 4 is 29.5 Å². The van der Waals surface area contributed by atoms with Crippen molar-refractivity contribution in [1.29, 1.82) is 0 Å². The fourth-order valence-corrected chi connectivity index (χ4v) is 5.68. The van der Waals surface area contributed by atoms with Crippen LogP contribution in [0.5, 0.6) is 0 Å². The number of carbonyl (C=O) groups excluding carboxylic acids is 3. The van der Waals surface area contributed by atoms with E-state index >= 15 is 0 Å². The number of hydrazone groups is 1. The number of fused-ring (bicyclic) bond motifs is 5. The van der Waals surface area contributed by atoms with Gasteiger partial charge in [-0.3, -0.25) is 19.4 Å². The van der Waals surface area contributed by atoms with Gasteiger partial charge in [0.15, 0.2) is 5.78 Å². The molecule has 0 spiro atoms. The zero-order valence-electron chi connectivity index (χ0n) is 18.0. The van der Waals surface area contributed by atoms with Crippen molar-refractivity contribution < 1.29 is 14.4 Å². The van der Waals surface area contributed by atoms with Crippen molar-refractivity contribution in [1.82, 2.24) is 5.01 Å². The molecule has 3 aliphatic heterocycles. The molecule has 0 radical (unpaired) electrons. The van der Waals surface area contributed by atoms with Crippen LogP contribution in [0.1, 0.15) is 34.5 Å². The Morgan fingerprint density at radius 3 is 2.21 bits per heavy atom. The number of ketones is 1. The Hall–Kier alpha value is -4.06. The maximum Gasteiger partial charge on any atom is 0.240 e. The van der Waals surface area contributed by atoms with Crippen LogP contribution in [0.25, 0.3) is 0 Å². The molecule has 2 amide bonds. The van der Waals surface area contributed by atoms with E-state index in [1.807, 2.05) is 36.4 Å². The van der Waals surface area contributed by atoms with Gasteiger partial charge in [-0.05, 0) is 30.2 Å². The first-order chi connectivity index (χ1) is 16.0. The van der Waals surface area contributed by atoms with Crippen LogP contribution in [0.4, 0.5) is 5.69 Å². The molecule has 3 aromatic rings. The monoisotopic (exact) mass is 435 g/mol. The molecule has 4 unspecified atom stereocenters. The van der Waals surface area contributed by atoms with Gasteiger partial charge in [0.25, 0.3) is 0 Å². The zero-order valence-corrected chi connectivity index (χ0v) is 18.0. The van der Waals surface area contributed by atoms with Crippen LogP contribution in [0, 0.1) is 11.8 Å². The molecule has 0 aliphatic carbocycles. The molecule has 2 fully saturated rings. The maximum absolute atomic E-state index is 14.0. The molecule has 3 heterocycles. The molecule has 6 nitrogen and oxygen atoms in total. The molecular weight excluding hydrogens is 414 g/mol. The number of anilines is 1. The topological polar surface area (TPSA) is 70.0 Å². The van der Waals surface area contributed by atoms with Crippen molar-refractivity contribution in [2.24, 2.45) is 16.9 Å². The fourth-order valence-electron chi connectivity index (χ4n) is 5.68. The van der Waals surface area contributed by atoms with E-state index in [4.69, 9.17) is 0 Å². The second-order valence-corrected chi connectivity index (χ2v) is 8.86. The number of imide groups is 1. The average Bonchev–Trinajstić information content (AvgIpc) is 3.29. The summed E-state index contributed by atoms with van der Waals surface area (Å²) in [5, 5.41) is 6.35. The van der Waals surface area contributed by atoms with Gasteiger partial charge in [-0.1, -0.05) is 72.8 Å². The van der Waals surface area contributed by atoms with Crippen molar-refractivity contribution in [3.63, 3.8) is 0 Å². The van der Waals surface area contributed by atoms with Crippen LogP contribution in [0.3, 0.4) is 0 Å². The van der Waals surface area contributed by atoms with Gasteiger partial charge in [-0.25, -0.2) is 4.90 Å². The molecule has 0 N–H and O–H groups in total. The number of Topliss-reactive ketones (excluding diaryl/α,β-unsaturated/α-hetero) is 1. The van der Waals surface area contributed by atoms with Gasteiger partial charge >= 0.3 is 0 Å². The van der Waals surface area contributed by atoms with Gasteiger partial charge < -0.3 is 0 Å². The minimum absolute atomic E-state index is 0.215. The Bertz CT molecular complexity index is 1320. The lowest BCUT2D eigenvalue weighted by Crippen LogP contribution is -2.54. The van der Waals surface area contributed by atoms with Crippen LogP contribution < -0.4 is 4.90 Å². The number of rotatable bonds is 3. The highest BCUT2D eigenvalue weighted by molar-refractivity contribution is 6.25. The second kappa shape index (κ2) is 6.97. The summed E-state index contributed by atoms with van der Waals surface area (Å²) in [5.74, 6) is -2.43. The molecule has 3 aliphatic rings. The molecule has 162 valence electrons. The van der Waals surface area contributed by atoms with Crippen LogP contribution in [-0.2, 0) is 9.59 Å². The number of para-hydroxylation sites is 1. The second-order valence-electron chi connectivity index (χ2n) is 8.86. The predicted octanol–water partition coefficient (Wildman–Crippen LogP) is 3.84. The van der Waals surface area contributed by atoms with Crippen LogP contribution >= 0.6 is 0 Å². The maximum atomic E-state index is 14.0. The largest absolute Gasteiger partial charge is 0.291 e. The third kappa shape index (κ3) is 2.55. The van der Waals surface area contributed by atoms with E-state index < -0.39 is 23.4 Å². The number of carbonyl (C=O) groups is 3. The summed E-state index contributed by atoms with van der Waals surface area (Å²) >= 11 is 0. The first-order valence-electron chi connectivity index (χ1n) is 11.0. The standard InChI is InChI=1S/C27H21N3O3/c1-27(24(31)17-10-4-2-5-11-17)22-21(23-20-15-9-8-12-18(20)16-28-30(23)27)25(32)29(26(22)33)19-13-6-3-7-14-19/h2-16,21-23H,1H3.